The van der Waals surface area contributed by atoms with Crippen molar-refractivity contribution in [3.63, 3.8) is 0 Å². The zero-order chi connectivity index (χ0) is 12.1. The highest BCUT2D eigenvalue weighted by Gasteiger charge is 2.22. The van der Waals surface area contributed by atoms with E-state index >= 15 is 0 Å². The van der Waals surface area contributed by atoms with E-state index in [2.05, 4.69) is 38.2 Å². The number of rotatable bonds is 4. The lowest BCUT2D eigenvalue weighted by atomic mass is 9.84. The third kappa shape index (κ3) is 3.48. The van der Waals surface area contributed by atoms with Gasteiger partial charge in [0.15, 0.2) is 0 Å². The lowest BCUT2D eigenvalue weighted by Crippen LogP contribution is -2.32. The molecule has 94 valence electrons. The summed E-state index contributed by atoms with van der Waals surface area (Å²) in [6.45, 7) is 4.24. The molecule has 0 radical (unpaired) electrons. The van der Waals surface area contributed by atoms with E-state index < -0.39 is 0 Å². The van der Waals surface area contributed by atoms with Crippen LogP contribution in [0.15, 0.2) is 0 Å². The van der Waals surface area contributed by atoms with Crippen LogP contribution in [0.3, 0.4) is 0 Å². The van der Waals surface area contributed by atoms with E-state index in [1.807, 2.05) is 0 Å². The molecule has 1 aromatic rings. The normalized spacial score (nSPS) is 18.9. The minimum atomic E-state index is -0.0440. The lowest BCUT2D eigenvalue weighted by molar-refractivity contribution is -0.117. The SMILES string of the molecule is CC(CC(=O)Nc1nn[nH]n1)C1CCNCC1. The summed E-state index contributed by atoms with van der Waals surface area (Å²) in [4.78, 5) is 11.7. The molecule has 1 aliphatic heterocycles. The predicted octanol–water partition coefficient (Wildman–Crippen LogP) is 0.164. The Bertz CT molecular complexity index is 346. The number of aromatic amines is 1. The van der Waals surface area contributed by atoms with Gasteiger partial charge in [-0.05, 0) is 43.0 Å². The van der Waals surface area contributed by atoms with Crippen LogP contribution in [-0.2, 0) is 4.79 Å². The fourth-order valence-electron chi connectivity index (χ4n) is 2.26. The molecule has 0 aromatic carbocycles. The molecule has 2 rings (SSSR count). The number of piperidine rings is 1. The Morgan fingerprint density at radius 2 is 2.29 bits per heavy atom. The number of carbonyl (C=O) groups excluding carboxylic acids is 1. The molecular weight excluding hydrogens is 220 g/mol. The second-order valence-corrected chi connectivity index (χ2v) is 4.55. The number of nitrogens with zero attached hydrogens (tertiary/aromatic N) is 3. The maximum Gasteiger partial charge on any atom is 0.269 e. The third-order valence-corrected chi connectivity index (χ3v) is 3.29. The standard InChI is InChI=1S/C10H18N6O/c1-7(8-2-4-11-5-3-8)6-9(17)12-10-13-15-16-14-10/h7-8,11H,2-6H2,1H3,(H2,12,13,14,15,16,17). The average Bonchev–Trinajstić information content (AvgIpc) is 2.82. The van der Waals surface area contributed by atoms with Gasteiger partial charge in [-0.15, -0.1) is 5.10 Å². The second-order valence-electron chi connectivity index (χ2n) is 4.55. The van der Waals surface area contributed by atoms with Crippen LogP contribution >= 0.6 is 0 Å². The Kier molecular flexibility index (Phi) is 4.03. The van der Waals surface area contributed by atoms with Gasteiger partial charge >= 0.3 is 0 Å². The van der Waals surface area contributed by atoms with Gasteiger partial charge < -0.3 is 5.32 Å². The summed E-state index contributed by atoms with van der Waals surface area (Å²) in [7, 11) is 0. The molecule has 0 bridgehead atoms. The van der Waals surface area contributed by atoms with Gasteiger partial charge in [-0.1, -0.05) is 12.0 Å². The van der Waals surface area contributed by atoms with Gasteiger partial charge in [0.1, 0.15) is 0 Å². The number of H-pyrrole nitrogens is 1. The van der Waals surface area contributed by atoms with Gasteiger partial charge in [0.05, 0.1) is 0 Å². The topological polar surface area (TPSA) is 95.6 Å². The molecule has 0 saturated carbocycles. The summed E-state index contributed by atoms with van der Waals surface area (Å²) in [5, 5.41) is 19.0. The average molecular weight is 238 g/mol. The third-order valence-electron chi connectivity index (χ3n) is 3.29. The van der Waals surface area contributed by atoms with Gasteiger partial charge in [0.25, 0.3) is 5.95 Å². The molecule has 1 amide bonds. The Balaban J connectivity index is 1.77. The van der Waals surface area contributed by atoms with Crippen LogP contribution in [0.25, 0.3) is 0 Å². The number of aromatic nitrogens is 4. The van der Waals surface area contributed by atoms with Gasteiger partial charge in [0, 0.05) is 6.42 Å². The Hall–Kier alpha value is -1.50. The highest BCUT2D eigenvalue weighted by Crippen LogP contribution is 2.24. The van der Waals surface area contributed by atoms with Gasteiger partial charge in [-0.2, -0.15) is 5.21 Å². The minimum Gasteiger partial charge on any atom is -0.317 e. The first-order chi connectivity index (χ1) is 8.25. The van der Waals surface area contributed by atoms with E-state index in [4.69, 9.17) is 0 Å². The van der Waals surface area contributed by atoms with E-state index in [1.165, 1.54) is 0 Å². The smallest absolute Gasteiger partial charge is 0.269 e. The molecule has 0 aliphatic carbocycles. The molecule has 7 nitrogen and oxygen atoms in total. The van der Waals surface area contributed by atoms with Gasteiger partial charge in [-0.3, -0.25) is 10.1 Å². The van der Waals surface area contributed by atoms with Crippen molar-refractivity contribution >= 4 is 11.9 Å². The van der Waals surface area contributed by atoms with Crippen molar-refractivity contribution < 1.29 is 4.79 Å². The molecule has 0 spiro atoms. The number of hydrogen-bond donors (Lipinski definition) is 3. The summed E-state index contributed by atoms with van der Waals surface area (Å²) in [5.74, 6) is 1.22. The largest absolute Gasteiger partial charge is 0.317 e. The van der Waals surface area contributed by atoms with Crippen molar-refractivity contribution in [2.24, 2.45) is 11.8 Å². The zero-order valence-electron chi connectivity index (χ0n) is 9.94. The van der Waals surface area contributed by atoms with Crippen LogP contribution in [0, 0.1) is 11.8 Å². The summed E-state index contributed by atoms with van der Waals surface area (Å²) >= 11 is 0. The van der Waals surface area contributed by atoms with Crippen LogP contribution in [0.1, 0.15) is 26.2 Å². The van der Waals surface area contributed by atoms with E-state index in [1.54, 1.807) is 0 Å². The van der Waals surface area contributed by atoms with E-state index in [-0.39, 0.29) is 11.9 Å². The van der Waals surface area contributed by atoms with Crippen molar-refractivity contribution in [1.82, 2.24) is 25.9 Å². The van der Waals surface area contributed by atoms with Crippen LogP contribution in [0.4, 0.5) is 5.95 Å². The number of tetrazole rings is 1. The molecule has 3 N–H and O–H groups in total. The van der Waals surface area contributed by atoms with Gasteiger partial charge in [-0.25, -0.2) is 0 Å². The minimum absolute atomic E-state index is 0.0440. The fraction of sp³-hybridized carbons (Fsp3) is 0.800. The number of amides is 1. The molecule has 1 aromatic heterocycles. The van der Waals surface area contributed by atoms with Crippen LogP contribution in [0.2, 0.25) is 0 Å². The molecule has 1 aliphatic rings. The maximum atomic E-state index is 11.7. The second kappa shape index (κ2) is 5.72. The Morgan fingerprint density at radius 3 is 2.94 bits per heavy atom. The molecule has 17 heavy (non-hydrogen) atoms. The number of anilines is 1. The van der Waals surface area contributed by atoms with Crippen molar-refractivity contribution in [3.05, 3.63) is 0 Å². The first kappa shape index (κ1) is 12.0. The summed E-state index contributed by atoms with van der Waals surface area (Å²) in [5.41, 5.74) is 0. The van der Waals surface area contributed by atoms with Crippen LogP contribution in [-0.4, -0.2) is 39.6 Å². The van der Waals surface area contributed by atoms with Crippen molar-refractivity contribution in [2.75, 3.05) is 18.4 Å². The zero-order valence-corrected chi connectivity index (χ0v) is 9.94. The monoisotopic (exact) mass is 238 g/mol. The number of hydrogen-bond acceptors (Lipinski definition) is 5. The van der Waals surface area contributed by atoms with Crippen LogP contribution < -0.4 is 10.6 Å². The summed E-state index contributed by atoms with van der Waals surface area (Å²) < 4.78 is 0. The maximum absolute atomic E-state index is 11.7. The molecule has 2 heterocycles. The van der Waals surface area contributed by atoms with Crippen LogP contribution in [0.5, 0.6) is 0 Å². The van der Waals surface area contributed by atoms with Crippen molar-refractivity contribution in [2.45, 2.75) is 26.2 Å². The first-order valence-electron chi connectivity index (χ1n) is 5.99. The molecule has 1 saturated heterocycles. The number of nitrogens with one attached hydrogen (secondary N) is 3. The first-order valence-corrected chi connectivity index (χ1v) is 5.99. The van der Waals surface area contributed by atoms with Crippen molar-refractivity contribution in [3.8, 4) is 0 Å². The predicted molar refractivity (Wildman–Crippen MR) is 62.2 cm³/mol. The molecule has 7 heteroatoms. The molecular formula is C10H18N6O. The van der Waals surface area contributed by atoms with Crippen molar-refractivity contribution in [1.29, 1.82) is 0 Å². The highest BCUT2D eigenvalue weighted by molar-refractivity contribution is 5.88. The van der Waals surface area contributed by atoms with E-state index in [0.717, 1.165) is 25.9 Å². The summed E-state index contributed by atoms with van der Waals surface area (Å²) in [6.07, 6.45) is 2.81. The van der Waals surface area contributed by atoms with E-state index in [0.29, 0.717) is 18.3 Å². The Morgan fingerprint density at radius 1 is 1.53 bits per heavy atom. The molecule has 1 atom stereocenters. The lowest BCUT2D eigenvalue weighted by Gasteiger charge is -2.27. The number of carbonyl (C=O) groups is 1. The van der Waals surface area contributed by atoms with Gasteiger partial charge in [0.2, 0.25) is 5.91 Å². The highest BCUT2D eigenvalue weighted by atomic mass is 16.1. The molecule has 1 fully saturated rings. The Labute approximate surface area is 99.7 Å². The quantitative estimate of drug-likeness (QED) is 0.694. The fourth-order valence-corrected chi connectivity index (χ4v) is 2.26. The summed E-state index contributed by atoms with van der Waals surface area (Å²) in [6, 6.07) is 0. The van der Waals surface area contributed by atoms with E-state index in [9.17, 15) is 4.79 Å². The molecule has 1 unspecified atom stereocenters.